The van der Waals surface area contributed by atoms with Crippen LogP contribution in [0, 0.1) is 5.82 Å². The van der Waals surface area contributed by atoms with Crippen LogP contribution in [0.15, 0.2) is 24.4 Å². The monoisotopic (exact) mass is 297 g/mol. The predicted molar refractivity (Wildman–Crippen MR) is 76.7 cm³/mol. The third-order valence-electron chi connectivity index (χ3n) is 3.29. The smallest absolute Gasteiger partial charge is 0.161 e. The van der Waals surface area contributed by atoms with Crippen molar-refractivity contribution >= 4 is 11.6 Å². The van der Waals surface area contributed by atoms with Gasteiger partial charge in [-0.05, 0) is 31.2 Å². The molecular weight excluding hydrogens is 281 g/mol. The second-order valence-corrected chi connectivity index (χ2v) is 4.91. The predicted octanol–water partition coefficient (Wildman–Crippen LogP) is 2.72. The number of nitrogens with zero attached hydrogens (tertiary/aromatic N) is 2. The fourth-order valence-electron chi connectivity index (χ4n) is 2.22. The van der Waals surface area contributed by atoms with Crippen LogP contribution in [-0.2, 0) is 13.5 Å². The molecule has 6 heteroatoms. The minimum absolute atomic E-state index is 0.0274. The van der Waals surface area contributed by atoms with E-state index in [4.69, 9.17) is 16.3 Å². The Hall–Kier alpha value is -1.59. The third kappa shape index (κ3) is 2.94. The van der Waals surface area contributed by atoms with Crippen LogP contribution in [0.1, 0.15) is 17.3 Å². The van der Waals surface area contributed by atoms with Crippen LogP contribution in [0.4, 0.5) is 4.39 Å². The topological polar surface area (TPSA) is 39.1 Å². The molecule has 1 N–H and O–H groups in total. The van der Waals surface area contributed by atoms with E-state index in [1.165, 1.54) is 12.1 Å². The summed E-state index contributed by atoms with van der Waals surface area (Å²) >= 11 is 6.08. The van der Waals surface area contributed by atoms with Gasteiger partial charge in [0.05, 0.1) is 25.0 Å². The highest BCUT2D eigenvalue weighted by molar-refractivity contribution is 6.31. The molecule has 4 nitrogen and oxygen atoms in total. The van der Waals surface area contributed by atoms with Gasteiger partial charge in [-0.2, -0.15) is 5.10 Å². The average Bonchev–Trinajstić information content (AvgIpc) is 2.79. The van der Waals surface area contributed by atoms with Crippen molar-refractivity contribution in [3.05, 3.63) is 46.5 Å². The maximum absolute atomic E-state index is 13.1. The van der Waals surface area contributed by atoms with E-state index in [0.717, 1.165) is 11.3 Å². The summed E-state index contributed by atoms with van der Waals surface area (Å²) in [6, 6.07) is 4.41. The second kappa shape index (κ2) is 6.24. The molecule has 0 aliphatic carbocycles. The van der Waals surface area contributed by atoms with E-state index in [-0.39, 0.29) is 11.9 Å². The van der Waals surface area contributed by atoms with Gasteiger partial charge in [-0.1, -0.05) is 17.7 Å². The standard InChI is InChI=1S/C14H17ClFN3O/c1-17-12(14-13(20-3)8-18-19(14)2)6-9-4-5-10(16)7-11(9)15/h4-5,7-8,12,17H,6H2,1-3H3. The lowest BCUT2D eigenvalue weighted by molar-refractivity contribution is 0.397. The molecule has 0 saturated heterocycles. The number of benzene rings is 1. The molecular formula is C14H17ClFN3O. The zero-order valence-electron chi connectivity index (χ0n) is 11.7. The summed E-state index contributed by atoms with van der Waals surface area (Å²) in [6.45, 7) is 0. The number of methoxy groups -OCH3 is 1. The highest BCUT2D eigenvalue weighted by Gasteiger charge is 2.20. The van der Waals surface area contributed by atoms with Crippen molar-refractivity contribution < 1.29 is 9.13 Å². The van der Waals surface area contributed by atoms with Crippen molar-refractivity contribution in [2.75, 3.05) is 14.2 Å². The molecule has 0 spiro atoms. The Morgan fingerprint density at radius 1 is 1.50 bits per heavy atom. The van der Waals surface area contributed by atoms with E-state index in [2.05, 4.69) is 10.4 Å². The molecule has 20 heavy (non-hydrogen) atoms. The molecule has 1 aromatic heterocycles. The van der Waals surface area contributed by atoms with Gasteiger partial charge < -0.3 is 10.1 Å². The van der Waals surface area contributed by atoms with Gasteiger partial charge in [0.1, 0.15) is 5.82 Å². The number of ether oxygens (including phenoxy) is 1. The Labute approximate surface area is 122 Å². The van der Waals surface area contributed by atoms with Crippen LogP contribution in [0.2, 0.25) is 5.02 Å². The molecule has 2 rings (SSSR count). The highest BCUT2D eigenvalue weighted by atomic mass is 35.5. The average molecular weight is 298 g/mol. The van der Waals surface area contributed by atoms with Gasteiger partial charge in [-0.3, -0.25) is 4.68 Å². The number of aromatic nitrogens is 2. The summed E-state index contributed by atoms with van der Waals surface area (Å²) in [7, 11) is 5.32. The highest BCUT2D eigenvalue weighted by Crippen LogP contribution is 2.29. The van der Waals surface area contributed by atoms with Crippen molar-refractivity contribution in [3.8, 4) is 5.75 Å². The lowest BCUT2D eigenvalue weighted by Gasteiger charge is -2.18. The van der Waals surface area contributed by atoms with Crippen molar-refractivity contribution in [1.82, 2.24) is 15.1 Å². The number of halogens is 2. The number of aryl methyl sites for hydroxylation is 1. The van der Waals surface area contributed by atoms with Crippen molar-refractivity contribution in [2.24, 2.45) is 7.05 Å². The molecule has 0 aliphatic heterocycles. The largest absolute Gasteiger partial charge is 0.493 e. The molecule has 0 saturated carbocycles. The van der Waals surface area contributed by atoms with Crippen LogP contribution in [0.5, 0.6) is 5.75 Å². The fraction of sp³-hybridized carbons (Fsp3) is 0.357. The summed E-state index contributed by atoms with van der Waals surface area (Å²) in [5, 5.41) is 7.83. The molecule has 1 aromatic carbocycles. The van der Waals surface area contributed by atoms with Gasteiger partial charge in [-0.25, -0.2) is 4.39 Å². The maximum atomic E-state index is 13.1. The molecule has 1 heterocycles. The van der Waals surface area contributed by atoms with E-state index in [0.29, 0.717) is 17.2 Å². The fourth-order valence-corrected chi connectivity index (χ4v) is 2.47. The molecule has 1 unspecified atom stereocenters. The number of hydrogen-bond acceptors (Lipinski definition) is 3. The van der Waals surface area contributed by atoms with E-state index in [9.17, 15) is 4.39 Å². The van der Waals surface area contributed by atoms with Gasteiger partial charge in [0.25, 0.3) is 0 Å². The van der Waals surface area contributed by atoms with E-state index >= 15 is 0 Å². The van der Waals surface area contributed by atoms with Gasteiger partial charge in [0, 0.05) is 12.1 Å². The lowest BCUT2D eigenvalue weighted by atomic mass is 10.0. The minimum Gasteiger partial charge on any atom is -0.493 e. The van der Waals surface area contributed by atoms with Gasteiger partial charge in [0.15, 0.2) is 5.75 Å². The molecule has 0 aliphatic rings. The molecule has 0 amide bonds. The van der Waals surface area contributed by atoms with Gasteiger partial charge in [0.2, 0.25) is 0 Å². The van der Waals surface area contributed by atoms with Crippen LogP contribution >= 0.6 is 11.6 Å². The minimum atomic E-state index is -0.335. The van der Waals surface area contributed by atoms with Crippen molar-refractivity contribution in [1.29, 1.82) is 0 Å². The number of likely N-dealkylation sites (N-methyl/N-ethyl adjacent to an activating group) is 1. The van der Waals surface area contributed by atoms with Crippen molar-refractivity contribution in [2.45, 2.75) is 12.5 Å². The Morgan fingerprint density at radius 2 is 2.25 bits per heavy atom. The van der Waals surface area contributed by atoms with E-state index < -0.39 is 0 Å². The van der Waals surface area contributed by atoms with Gasteiger partial charge >= 0.3 is 0 Å². The molecule has 108 valence electrons. The molecule has 0 bridgehead atoms. The first kappa shape index (κ1) is 14.8. The summed E-state index contributed by atoms with van der Waals surface area (Å²) in [4.78, 5) is 0. The van der Waals surface area contributed by atoms with Crippen LogP contribution in [-0.4, -0.2) is 23.9 Å². The summed E-state index contributed by atoms with van der Waals surface area (Å²) in [5.41, 5.74) is 1.80. The zero-order chi connectivity index (χ0) is 14.7. The molecule has 0 radical (unpaired) electrons. The molecule has 2 aromatic rings. The Kier molecular flexibility index (Phi) is 4.62. The van der Waals surface area contributed by atoms with Crippen molar-refractivity contribution in [3.63, 3.8) is 0 Å². The summed E-state index contributed by atoms with van der Waals surface area (Å²) in [5.74, 6) is 0.378. The molecule has 0 fully saturated rings. The first-order valence-corrected chi connectivity index (χ1v) is 6.61. The third-order valence-corrected chi connectivity index (χ3v) is 3.64. The SMILES string of the molecule is CNC(Cc1ccc(F)cc1Cl)c1c(OC)cnn1C. The quantitative estimate of drug-likeness (QED) is 0.922. The Balaban J connectivity index is 2.31. The number of rotatable bonds is 5. The normalized spacial score (nSPS) is 12.4. The Bertz CT molecular complexity index is 600. The number of hydrogen-bond donors (Lipinski definition) is 1. The van der Waals surface area contributed by atoms with Gasteiger partial charge in [-0.15, -0.1) is 0 Å². The van der Waals surface area contributed by atoms with Crippen LogP contribution in [0.3, 0.4) is 0 Å². The summed E-state index contributed by atoms with van der Waals surface area (Å²) < 4.78 is 20.2. The lowest BCUT2D eigenvalue weighted by Crippen LogP contribution is -2.22. The number of nitrogens with one attached hydrogen (secondary N) is 1. The first-order chi connectivity index (χ1) is 9.56. The molecule has 1 atom stereocenters. The maximum Gasteiger partial charge on any atom is 0.161 e. The van der Waals surface area contributed by atoms with Crippen LogP contribution in [0.25, 0.3) is 0 Å². The zero-order valence-corrected chi connectivity index (χ0v) is 12.4. The Morgan fingerprint density at radius 3 is 2.85 bits per heavy atom. The summed E-state index contributed by atoms with van der Waals surface area (Å²) in [6.07, 6.45) is 2.29. The van der Waals surface area contributed by atoms with E-state index in [1.807, 2.05) is 14.1 Å². The van der Waals surface area contributed by atoms with Crippen LogP contribution < -0.4 is 10.1 Å². The van der Waals surface area contributed by atoms with E-state index in [1.54, 1.807) is 24.1 Å². The second-order valence-electron chi connectivity index (χ2n) is 4.50. The first-order valence-electron chi connectivity index (χ1n) is 6.24.